The highest BCUT2D eigenvalue weighted by Crippen LogP contribution is 2.31. The van der Waals surface area contributed by atoms with E-state index in [1.54, 1.807) is 0 Å². The Bertz CT molecular complexity index is 676. The molecule has 10 heteroatoms. The second-order valence-corrected chi connectivity index (χ2v) is 6.66. The molecule has 0 radical (unpaired) electrons. The molecule has 1 aromatic carbocycles. The van der Waals surface area contributed by atoms with Gasteiger partial charge in [-0.25, -0.2) is 0 Å². The Morgan fingerprint density at radius 1 is 1.39 bits per heavy atom. The van der Waals surface area contributed by atoms with Crippen LogP contribution >= 0.6 is 23.1 Å². The van der Waals surface area contributed by atoms with Gasteiger partial charge in [-0.1, -0.05) is 36.1 Å². The van der Waals surface area contributed by atoms with Crippen molar-refractivity contribution in [2.75, 3.05) is 17.7 Å². The molecule has 0 aliphatic heterocycles. The van der Waals surface area contributed by atoms with E-state index in [4.69, 9.17) is 4.74 Å². The zero-order valence-corrected chi connectivity index (χ0v) is 13.5. The molecule has 1 amide bonds. The summed E-state index contributed by atoms with van der Waals surface area (Å²) in [6, 6.07) is 4.34. The van der Waals surface area contributed by atoms with Gasteiger partial charge in [0, 0.05) is 0 Å². The normalized spacial score (nSPS) is 11.3. The Hall–Kier alpha value is -1.81. The van der Waals surface area contributed by atoms with E-state index < -0.39 is 24.3 Å². The van der Waals surface area contributed by atoms with Crippen molar-refractivity contribution in [2.45, 2.75) is 17.4 Å². The van der Waals surface area contributed by atoms with Crippen molar-refractivity contribution in [3.8, 4) is 5.75 Å². The molecule has 0 bridgehead atoms. The van der Waals surface area contributed by atoms with Crippen LogP contribution in [0.2, 0.25) is 0 Å². The predicted octanol–water partition coefficient (Wildman–Crippen LogP) is 3.69. The quantitative estimate of drug-likeness (QED) is 0.626. The summed E-state index contributed by atoms with van der Waals surface area (Å²) in [7, 11) is 0. The second kappa shape index (κ2) is 7.64. The molecule has 0 unspecified atom stereocenters. The van der Waals surface area contributed by atoms with Crippen molar-refractivity contribution in [3.05, 3.63) is 29.8 Å². The number of ether oxygens (including phenoxy) is 1. The third kappa shape index (κ3) is 5.39. The number of anilines is 1. The van der Waals surface area contributed by atoms with Gasteiger partial charge in [-0.05, 0) is 24.0 Å². The van der Waals surface area contributed by atoms with Crippen LogP contribution in [0.15, 0.2) is 28.6 Å². The van der Waals surface area contributed by atoms with Crippen molar-refractivity contribution in [3.63, 3.8) is 0 Å². The number of nitrogens with one attached hydrogen (secondary N) is 1. The third-order valence-electron chi connectivity index (χ3n) is 2.45. The molecule has 0 saturated heterocycles. The van der Waals surface area contributed by atoms with E-state index in [0.29, 0.717) is 5.13 Å². The van der Waals surface area contributed by atoms with Gasteiger partial charge >= 0.3 is 6.18 Å². The van der Waals surface area contributed by atoms with Gasteiger partial charge in [-0.3, -0.25) is 10.1 Å². The standard InChI is InChI=1S/C13H12F3N3O2S2/c1-2-22-12-19-18-11(23-12)17-10(20)7-21-9-5-3-4-8(6-9)13(14,15)16/h3-6H,2,7H2,1H3,(H,17,18,20). The van der Waals surface area contributed by atoms with E-state index in [0.717, 1.165) is 22.2 Å². The number of carbonyl (C=O) groups excluding carboxylic acids is 1. The van der Waals surface area contributed by atoms with Crippen molar-refractivity contribution >= 4 is 34.1 Å². The van der Waals surface area contributed by atoms with E-state index in [9.17, 15) is 18.0 Å². The molecule has 5 nitrogen and oxygen atoms in total. The average molecular weight is 363 g/mol. The van der Waals surface area contributed by atoms with Gasteiger partial charge in [0.2, 0.25) is 5.13 Å². The van der Waals surface area contributed by atoms with E-state index >= 15 is 0 Å². The maximum absolute atomic E-state index is 12.6. The maximum atomic E-state index is 12.6. The Morgan fingerprint density at radius 3 is 2.87 bits per heavy atom. The number of benzene rings is 1. The Kier molecular flexibility index (Phi) is 5.83. The molecule has 23 heavy (non-hydrogen) atoms. The number of rotatable bonds is 6. The van der Waals surface area contributed by atoms with Crippen LogP contribution in [0.25, 0.3) is 0 Å². The van der Waals surface area contributed by atoms with Crippen LogP contribution < -0.4 is 10.1 Å². The number of hydrogen-bond donors (Lipinski definition) is 1. The van der Waals surface area contributed by atoms with Crippen molar-refractivity contribution in [2.24, 2.45) is 0 Å². The minimum absolute atomic E-state index is 0.0329. The van der Waals surface area contributed by atoms with Crippen LogP contribution in [0.1, 0.15) is 12.5 Å². The van der Waals surface area contributed by atoms with Crippen LogP contribution in [0.5, 0.6) is 5.75 Å². The summed E-state index contributed by atoms with van der Waals surface area (Å²) in [6.45, 7) is 1.55. The van der Waals surface area contributed by atoms with Crippen LogP contribution in [0, 0.1) is 0 Å². The highest BCUT2D eigenvalue weighted by atomic mass is 32.2. The van der Waals surface area contributed by atoms with Gasteiger partial charge in [-0.15, -0.1) is 10.2 Å². The Balaban J connectivity index is 1.89. The van der Waals surface area contributed by atoms with Crippen LogP contribution in [0.3, 0.4) is 0 Å². The van der Waals surface area contributed by atoms with Gasteiger partial charge in [0.25, 0.3) is 5.91 Å². The molecule has 2 rings (SSSR count). The first-order chi connectivity index (χ1) is 10.9. The Labute approximate surface area is 138 Å². The number of aromatic nitrogens is 2. The molecule has 124 valence electrons. The zero-order valence-electron chi connectivity index (χ0n) is 11.9. The minimum Gasteiger partial charge on any atom is -0.484 e. The Morgan fingerprint density at radius 2 is 2.17 bits per heavy atom. The molecule has 0 aliphatic rings. The number of thioether (sulfide) groups is 1. The molecule has 1 N–H and O–H groups in total. The molecular weight excluding hydrogens is 351 g/mol. The van der Waals surface area contributed by atoms with Crippen molar-refractivity contribution in [1.29, 1.82) is 0 Å². The third-order valence-corrected chi connectivity index (χ3v) is 4.31. The number of hydrogen-bond acceptors (Lipinski definition) is 6. The molecule has 1 aromatic heterocycles. The fourth-order valence-corrected chi connectivity index (χ4v) is 3.17. The van der Waals surface area contributed by atoms with E-state index in [1.165, 1.54) is 35.2 Å². The largest absolute Gasteiger partial charge is 0.484 e. The molecule has 1 heterocycles. The van der Waals surface area contributed by atoms with Gasteiger partial charge < -0.3 is 4.74 Å². The average Bonchev–Trinajstić information content (AvgIpc) is 2.92. The SMILES string of the molecule is CCSc1nnc(NC(=O)COc2cccc(C(F)(F)F)c2)s1. The fourth-order valence-electron chi connectivity index (χ4n) is 1.51. The maximum Gasteiger partial charge on any atom is 0.416 e. The van der Waals surface area contributed by atoms with Gasteiger partial charge in [0.05, 0.1) is 5.56 Å². The summed E-state index contributed by atoms with van der Waals surface area (Å²) in [5.74, 6) is 0.280. The van der Waals surface area contributed by atoms with E-state index in [-0.39, 0.29) is 5.75 Å². The summed E-state index contributed by atoms with van der Waals surface area (Å²) in [4.78, 5) is 11.7. The fraction of sp³-hybridized carbons (Fsp3) is 0.308. The zero-order chi connectivity index (χ0) is 16.9. The summed E-state index contributed by atoms with van der Waals surface area (Å²) in [5, 5.41) is 10.5. The number of halogens is 3. The minimum atomic E-state index is -4.46. The summed E-state index contributed by atoms with van der Waals surface area (Å²) in [6.07, 6.45) is -4.46. The predicted molar refractivity (Wildman–Crippen MR) is 81.9 cm³/mol. The lowest BCUT2D eigenvalue weighted by molar-refractivity contribution is -0.137. The first-order valence-corrected chi connectivity index (χ1v) is 8.25. The number of alkyl halides is 3. The molecule has 0 spiro atoms. The number of nitrogens with zero attached hydrogens (tertiary/aromatic N) is 2. The molecule has 0 aliphatic carbocycles. The lowest BCUT2D eigenvalue weighted by atomic mass is 10.2. The van der Waals surface area contributed by atoms with Gasteiger partial charge in [0.15, 0.2) is 10.9 Å². The second-order valence-electron chi connectivity index (χ2n) is 4.17. The first-order valence-electron chi connectivity index (χ1n) is 6.44. The van der Waals surface area contributed by atoms with Crippen LogP contribution in [0.4, 0.5) is 18.3 Å². The topological polar surface area (TPSA) is 64.1 Å². The molecule has 2 aromatic rings. The molecule has 0 atom stereocenters. The van der Waals surface area contributed by atoms with Crippen molar-refractivity contribution < 1.29 is 22.7 Å². The highest BCUT2D eigenvalue weighted by molar-refractivity contribution is 8.01. The van der Waals surface area contributed by atoms with Crippen molar-refractivity contribution in [1.82, 2.24) is 10.2 Å². The van der Waals surface area contributed by atoms with Gasteiger partial charge in [-0.2, -0.15) is 13.2 Å². The lowest BCUT2D eigenvalue weighted by Crippen LogP contribution is -2.20. The number of carbonyl (C=O) groups is 1. The molecule has 0 saturated carbocycles. The smallest absolute Gasteiger partial charge is 0.416 e. The van der Waals surface area contributed by atoms with Crippen LogP contribution in [-0.2, 0) is 11.0 Å². The highest BCUT2D eigenvalue weighted by Gasteiger charge is 2.30. The van der Waals surface area contributed by atoms with E-state index in [1.807, 2.05) is 6.92 Å². The summed E-state index contributed by atoms with van der Waals surface area (Å²) < 4.78 is 43.5. The van der Waals surface area contributed by atoms with E-state index in [2.05, 4.69) is 15.5 Å². The summed E-state index contributed by atoms with van der Waals surface area (Å²) >= 11 is 2.71. The number of amides is 1. The first kappa shape index (κ1) is 17.5. The van der Waals surface area contributed by atoms with Gasteiger partial charge in [0.1, 0.15) is 5.75 Å². The molecular formula is C13H12F3N3O2S2. The monoisotopic (exact) mass is 363 g/mol. The summed E-state index contributed by atoms with van der Waals surface area (Å²) in [5.41, 5.74) is -0.833. The lowest BCUT2D eigenvalue weighted by Gasteiger charge is -2.09. The van der Waals surface area contributed by atoms with Crippen LogP contribution in [-0.4, -0.2) is 28.5 Å². The molecule has 0 fully saturated rings.